The molecule has 0 aliphatic carbocycles. The first kappa shape index (κ1) is 13.4. The summed E-state index contributed by atoms with van der Waals surface area (Å²) in [6, 6.07) is 12.8. The Balaban J connectivity index is 0.000000606. The van der Waals surface area contributed by atoms with Crippen LogP contribution in [0.3, 0.4) is 0 Å². The van der Waals surface area contributed by atoms with Gasteiger partial charge in [-0.05, 0) is 29.1 Å². The minimum absolute atomic E-state index is 0.493. The summed E-state index contributed by atoms with van der Waals surface area (Å²) in [7, 11) is 1.00. The fourth-order valence-corrected chi connectivity index (χ4v) is 2.71. The van der Waals surface area contributed by atoms with Gasteiger partial charge in [0.2, 0.25) is 0 Å². The lowest BCUT2D eigenvalue weighted by atomic mass is 10.00. The van der Waals surface area contributed by atoms with Crippen LogP contribution in [0.25, 0.3) is 0 Å². The van der Waals surface area contributed by atoms with Gasteiger partial charge in [0.1, 0.15) is 0 Å². The zero-order chi connectivity index (χ0) is 12.0. The van der Waals surface area contributed by atoms with E-state index in [1.54, 1.807) is 0 Å². The van der Waals surface area contributed by atoms with E-state index in [-0.39, 0.29) is 0 Å². The molecule has 2 aromatic rings. The number of hydrogen-bond donors (Lipinski definition) is 1. The third kappa shape index (κ3) is 3.44. The number of benzene rings is 1. The smallest absolute Gasteiger partial charge is 0.0319 e. The zero-order valence-corrected chi connectivity index (χ0v) is 11.8. The molecule has 1 N–H and O–H groups in total. The zero-order valence-electron chi connectivity index (χ0n) is 9.35. The van der Waals surface area contributed by atoms with Gasteiger partial charge < -0.3 is 5.11 Å². The summed E-state index contributed by atoms with van der Waals surface area (Å²) in [6.45, 7) is 2.24. The van der Waals surface area contributed by atoms with Gasteiger partial charge in [-0.2, -0.15) is 0 Å². The van der Waals surface area contributed by atoms with Crippen LogP contribution in [0.2, 0.25) is 0 Å². The number of aliphatic hydroxyl groups is 1. The van der Waals surface area contributed by atoms with Gasteiger partial charge in [0.05, 0.1) is 0 Å². The van der Waals surface area contributed by atoms with E-state index in [0.717, 1.165) is 11.6 Å². The third-order valence-corrected chi connectivity index (χ3v) is 3.87. The highest BCUT2D eigenvalue weighted by Gasteiger charge is 2.08. The van der Waals surface area contributed by atoms with Gasteiger partial charge in [-0.25, -0.2) is 0 Å². The number of halogens is 1. The molecule has 0 saturated carbocycles. The quantitative estimate of drug-likeness (QED) is 0.878. The Hall–Kier alpha value is -0.640. The molecule has 3 heteroatoms. The Morgan fingerprint density at radius 2 is 1.94 bits per heavy atom. The van der Waals surface area contributed by atoms with Crippen LogP contribution in [0.15, 0.2) is 46.3 Å². The minimum Gasteiger partial charge on any atom is -0.400 e. The molecular weight excluding hydrogens is 284 g/mol. The molecule has 1 aromatic heterocycles. The molecule has 0 amide bonds. The minimum atomic E-state index is 0.493. The molecule has 0 spiro atoms. The fourth-order valence-electron chi connectivity index (χ4n) is 1.48. The van der Waals surface area contributed by atoms with Crippen LogP contribution >= 0.6 is 27.3 Å². The molecule has 0 bridgehead atoms. The van der Waals surface area contributed by atoms with Crippen LogP contribution in [-0.2, 0) is 0 Å². The topological polar surface area (TPSA) is 20.2 Å². The van der Waals surface area contributed by atoms with Crippen molar-refractivity contribution in [2.45, 2.75) is 12.8 Å². The van der Waals surface area contributed by atoms with Crippen LogP contribution in [0.4, 0.5) is 0 Å². The highest BCUT2D eigenvalue weighted by atomic mass is 79.9. The molecule has 0 fully saturated rings. The van der Waals surface area contributed by atoms with E-state index in [4.69, 9.17) is 5.11 Å². The molecule has 0 saturated heterocycles. The van der Waals surface area contributed by atoms with Crippen molar-refractivity contribution in [3.63, 3.8) is 0 Å². The second kappa shape index (κ2) is 6.84. The van der Waals surface area contributed by atoms with Crippen molar-refractivity contribution in [2.75, 3.05) is 7.11 Å². The summed E-state index contributed by atoms with van der Waals surface area (Å²) in [5, 5.41) is 9.13. The maximum atomic E-state index is 7.00. The van der Waals surface area contributed by atoms with Crippen molar-refractivity contribution >= 4 is 27.3 Å². The van der Waals surface area contributed by atoms with Gasteiger partial charge in [0.15, 0.2) is 0 Å². The molecule has 1 unspecified atom stereocenters. The third-order valence-electron chi connectivity index (χ3n) is 2.32. The second-order valence-corrected chi connectivity index (χ2v) is 5.19. The number of rotatable bonds is 2. The van der Waals surface area contributed by atoms with Crippen LogP contribution in [0, 0.1) is 0 Å². The van der Waals surface area contributed by atoms with Gasteiger partial charge in [-0.1, -0.05) is 41.1 Å². The molecule has 1 atom stereocenters. The van der Waals surface area contributed by atoms with E-state index in [1.165, 1.54) is 10.4 Å². The predicted molar refractivity (Wildman–Crippen MR) is 74.1 cm³/mol. The van der Waals surface area contributed by atoms with E-state index < -0.39 is 0 Å². The van der Waals surface area contributed by atoms with Crippen molar-refractivity contribution < 1.29 is 5.11 Å². The Labute approximate surface area is 109 Å². The summed E-state index contributed by atoms with van der Waals surface area (Å²) >= 11 is 5.31. The molecule has 16 heavy (non-hydrogen) atoms. The largest absolute Gasteiger partial charge is 0.400 e. The maximum Gasteiger partial charge on any atom is 0.0319 e. The van der Waals surface area contributed by atoms with Crippen LogP contribution in [-0.4, -0.2) is 12.2 Å². The SMILES string of the molecule is CC(c1cccc(Br)c1)c1cccs1.CO. The van der Waals surface area contributed by atoms with Crippen molar-refractivity contribution in [1.29, 1.82) is 0 Å². The van der Waals surface area contributed by atoms with Crippen molar-refractivity contribution in [3.05, 3.63) is 56.7 Å². The second-order valence-electron chi connectivity index (χ2n) is 3.29. The summed E-state index contributed by atoms with van der Waals surface area (Å²) in [5.74, 6) is 0.493. The molecule has 2 rings (SSSR count). The number of hydrogen-bond acceptors (Lipinski definition) is 2. The molecule has 1 aromatic carbocycles. The van der Waals surface area contributed by atoms with Crippen LogP contribution in [0.5, 0.6) is 0 Å². The van der Waals surface area contributed by atoms with Crippen LogP contribution in [0.1, 0.15) is 23.3 Å². The fraction of sp³-hybridized carbons (Fsp3) is 0.231. The van der Waals surface area contributed by atoms with Gasteiger partial charge in [0.25, 0.3) is 0 Å². The lowest BCUT2D eigenvalue weighted by Gasteiger charge is -2.09. The van der Waals surface area contributed by atoms with Gasteiger partial charge in [0, 0.05) is 22.4 Å². The molecule has 86 valence electrons. The van der Waals surface area contributed by atoms with Gasteiger partial charge in [-0.3, -0.25) is 0 Å². The summed E-state index contributed by atoms with van der Waals surface area (Å²) < 4.78 is 1.15. The maximum absolute atomic E-state index is 7.00. The Morgan fingerprint density at radius 3 is 2.50 bits per heavy atom. The van der Waals surface area contributed by atoms with Crippen molar-refractivity contribution in [3.8, 4) is 0 Å². The van der Waals surface area contributed by atoms with E-state index in [2.05, 4.69) is 64.6 Å². The van der Waals surface area contributed by atoms with Gasteiger partial charge in [-0.15, -0.1) is 11.3 Å². The first-order valence-corrected chi connectivity index (χ1v) is 6.68. The van der Waals surface area contributed by atoms with E-state index in [9.17, 15) is 0 Å². The summed E-state index contributed by atoms with van der Waals surface area (Å²) in [4.78, 5) is 1.42. The first-order chi connectivity index (χ1) is 7.77. The highest BCUT2D eigenvalue weighted by molar-refractivity contribution is 9.10. The summed E-state index contributed by atoms with van der Waals surface area (Å²) in [5.41, 5.74) is 1.36. The first-order valence-electron chi connectivity index (χ1n) is 5.01. The lowest BCUT2D eigenvalue weighted by Crippen LogP contribution is -1.92. The van der Waals surface area contributed by atoms with Gasteiger partial charge >= 0.3 is 0 Å². The molecule has 0 aliphatic rings. The van der Waals surface area contributed by atoms with E-state index in [1.807, 2.05) is 11.3 Å². The molecule has 1 nitrogen and oxygen atoms in total. The molecule has 0 aliphatic heterocycles. The van der Waals surface area contributed by atoms with Crippen LogP contribution < -0.4 is 0 Å². The number of thiophene rings is 1. The molecule has 1 heterocycles. The highest BCUT2D eigenvalue weighted by Crippen LogP contribution is 2.28. The normalized spacial score (nSPS) is 11.5. The Bertz CT molecular complexity index is 412. The van der Waals surface area contributed by atoms with E-state index >= 15 is 0 Å². The Morgan fingerprint density at radius 1 is 1.19 bits per heavy atom. The monoisotopic (exact) mass is 298 g/mol. The lowest BCUT2D eigenvalue weighted by molar-refractivity contribution is 0.399. The predicted octanol–water partition coefficient (Wildman–Crippen LogP) is 4.27. The Kier molecular flexibility index (Phi) is 5.74. The van der Waals surface area contributed by atoms with Crippen molar-refractivity contribution in [2.24, 2.45) is 0 Å². The van der Waals surface area contributed by atoms with E-state index in [0.29, 0.717) is 5.92 Å². The number of aliphatic hydroxyl groups excluding tert-OH is 1. The average molecular weight is 299 g/mol. The standard InChI is InChI=1S/C12H11BrS.CH4O/c1-9(12-6-3-7-14-12)10-4-2-5-11(13)8-10;1-2/h2-9H,1H3;2H,1H3. The molecular formula is C13H15BrOS. The van der Waals surface area contributed by atoms with Crippen molar-refractivity contribution in [1.82, 2.24) is 0 Å². The summed E-state index contributed by atoms with van der Waals surface area (Å²) in [6.07, 6.45) is 0. The molecule has 0 radical (unpaired) electrons. The average Bonchev–Trinajstić information content (AvgIpc) is 2.84.